The largest absolute Gasteiger partial charge is 0.364 e. The van der Waals surface area contributed by atoms with Crippen LogP contribution in [0.3, 0.4) is 0 Å². The first kappa shape index (κ1) is 8.75. The van der Waals surface area contributed by atoms with Crippen LogP contribution in [0.4, 0.5) is 0 Å². The summed E-state index contributed by atoms with van der Waals surface area (Å²) in [5, 5.41) is 15.3. The Kier molecular flexibility index (Phi) is 3.30. The fourth-order valence-corrected chi connectivity index (χ4v) is 0.838. The quantitative estimate of drug-likeness (QED) is 0.724. The minimum Gasteiger partial charge on any atom is -0.364 e. The summed E-state index contributed by atoms with van der Waals surface area (Å²) in [6, 6.07) is 3.82. The van der Waals surface area contributed by atoms with Crippen molar-refractivity contribution in [3.05, 3.63) is 18.0 Å². The molecule has 4 nitrogen and oxygen atoms in total. The molecule has 0 radical (unpaired) electrons. The highest BCUT2D eigenvalue weighted by molar-refractivity contribution is 4.97. The number of hydrogen-bond donors (Lipinski definition) is 1. The van der Waals surface area contributed by atoms with Crippen LogP contribution < -0.4 is 5.32 Å². The third-order valence-electron chi connectivity index (χ3n) is 1.58. The monoisotopic (exact) mass is 165 g/mol. The smallest absolute Gasteiger partial charge is 0.124 e. The molecule has 0 aromatic carbocycles. The van der Waals surface area contributed by atoms with E-state index in [9.17, 15) is 0 Å². The molecule has 0 amide bonds. The van der Waals surface area contributed by atoms with E-state index >= 15 is 0 Å². The lowest BCUT2D eigenvalue weighted by molar-refractivity contribution is 0.407. The molecule has 0 fully saturated rings. The predicted octanol–water partition coefficient (Wildman–Crippen LogP) is 1.07. The van der Waals surface area contributed by atoms with Gasteiger partial charge in [0, 0.05) is 12.6 Å². The molecular formula is C8H11N3O. The van der Waals surface area contributed by atoms with Crippen molar-refractivity contribution in [3.8, 4) is 6.07 Å². The minimum absolute atomic E-state index is 0.0956. The molecule has 0 aliphatic rings. The van der Waals surface area contributed by atoms with Crippen molar-refractivity contribution in [1.82, 2.24) is 10.5 Å². The zero-order valence-corrected chi connectivity index (χ0v) is 6.95. The molecule has 0 saturated carbocycles. The van der Waals surface area contributed by atoms with Crippen molar-refractivity contribution in [2.75, 3.05) is 0 Å². The average Bonchev–Trinajstić information content (AvgIpc) is 2.59. The molecule has 1 atom stereocenters. The maximum absolute atomic E-state index is 8.60. The van der Waals surface area contributed by atoms with Crippen LogP contribution in [0, 0.1) is 11.3 Å². The lowest BCUT2D eigenvalue weighted by Gasteiger charge is -2.05. The molecule has 1 unspecified atom stereocenters. The van der Waals surface area contributed by atoms with Gasteiger partial charge in [-0.3, -0.25) is 5.32 Å². The van der Waals surface area contributed by atoms with Gasteiger partial charge in [0.2, 0.25) is 0 Å². The molecule has 0 spiro atoms. The lowest BCUT2D eigenvalue weighted by atomic mass is 10.2. The van der Waals surface area contributed by atoms with E-state index in [1.54, 1.807) is 6.07 Å². The Morgan fingerprint density at radius 2 is 2.67 bits per heavy atom. The number of nitriles is 1. The van der Waals surface area contributed by atoms with E-state index in [4.69, 9.17) is 5.26 Å². The van der Waals surface area contributed by atoms with Crippen LogP contribution in [0.15, 0.2) is 16.9 Å². The topological polar surface area (TPSA) is 61.9 Å². The molecule has 0 aliphatic heterocycles. The second-order valence-electron chi connectivity index (χ2n) is 2.46. The maximum atomic E-state index is 8.60. The number of aromatic nitrogens is 1. The first-order chi connectivity index (χ1) is 5.86. The van der Waals surface area contributed by atoms with Crippen LogP contribution in [0.25, 0.3) is 0 Å². The van der Waals surface area contributed by atoms with Gasteiger partial charge < -0.3 is 4.52 Å². The van der Waals surface area contributed by atoms with Crippen LogP contribution in [0.2, 0.25) is 0 Å². The Balaban J connectivity index is 2.31. The predicted molar refractivity (Wildman–Crippen MR) is 43.0 cm³/mol. The van der Waals surface area contributed by atoms with E-state index in [0.29, 0.717) is 6.54 Å². The summed E-state index contributed by atoms with van der Waals surface area (Å²) < 4.78 is 4.64. The number of nitrogens with one attached hydrogen (secondary N) is 1. The van der Waals surface area contributed by atoms with E-state index in [1.807, 2.05) is 6.92 Å². The first-order valence-electron chi connectivity index (χ1n) is 3.89. The Labute approximate surface area is 71.2 Å². The normalized spacial score (nSPS) is 12.3. The highest BCUT2D eigenvalue weighted by atomic mass is 16.5. The summed E-state index contributed by atoms with van der Waals surface area (Å²) in [5.74, 6) is 0. The van der Waals surface area contributed by atoms with Gasteiger partial charge in [0.1, 0.15) is 6.26 Å². The molecule has 12 heavy (non-hydrogen) atoms. The van der Waals surface area contributed by atoms with E-state index in [1.165, 1.54) is 6.26 Å². The fourth-order valence-electron chi connectivity index (χ4n) is 0.838. The highest BCUT2D eigenvalue weighted by Crippen LogP contribution is 1.95. The second-order valence-corrected chi connectivity index (χ2v) is 2.46. The van der Waals surface area contributed by atoms with Crippen LogP contribution in [-0.2, 0) is 6.54 Å². The Bertz CT molecular complexity index is 250. The van der Waals surface area contributed by atoms with Gasteiger partial charge in [0.05, 0.1) is 17.8 Å². The number of hydrogen-bond acceptors (Lipinski definition) is 4. The van der Waals surface area contributed by atoms with Crippen LogP contribution in [0.5, 0.6) is 0 Å². The standard InChI is InChI=1S/C8H11N3O/c1-2-7(5-9)10-6-8-3-4-12-11-8/h3-4,7,10H,2,6H2,1H3. The maximum Gasteiger partial charge on any atom is 0.124 e. The van der Waals surface area contributed by atoms with Crippen LogP contribution >= 0.6 is 0 Å². The number of rotatable bonds is 4. The Hall–Kier alpha value is -1.34. The van der Waals surface area contributed by atoms with Gasteiger partial charge in [0.25, 0.3) is 0 Å². The van der Waals surface area contributed by atoms with Gasteiger partial charge in [-0.2, -0.15) is 5.26 Å². The zero-order valence-electron chi connectivity index (χ0n) is 6.95. The van der Waals surface area contributed by atoms with Gasteiger partial charge in [-0.25, -0.2) is 0 Å². The highest BCUT2D eigenvalue weighted by Gasteiger charge is 2.03. The summed E-state index contributed by atoms with van der Waals surface area (Å²) in [6.45, 7) is 2.55. The molecule has 1 heterocycles. The van der Waals surface area contributed by atoms with Crippen molar-refractivity contribution < 1.29 is 4.52 Å². The van der Waals surface area contributed by atoms with Crippen molar-refractivity contribution in [1.29, 1.82) is 5.26 Å². The van der Waals surface area contributed by atoms with E-state index in [0.717, 1.165) is 12.1 Å². The number of nitrogens with zero attached hydrogens (tertiary/aromatic N) is 2. The summed E-state index contributed by atoms with van der Waals surface area (Å²) in [5.41, 5.74) is 0.823. The van der Waals surface area contributed by atoms with Gasteiger partial charge in [-0.05, 0) is 6.42 Å². The van der Waals surface area contributed by atoms with Crippen LogP contribution in [-0.4, -0.2) is 11.2 Å². The van der Waals surface area contributed by atoms with Gasteiger partial charge >= 0.3 is 0 Å². The van der Waals surface area contributed by atoms with Crippen LogP contribution in [0.1, 0.15) is 19.0 Å². The molecule has 4 heteroatoms. The second kappa shape index (κ2) is 4.52. The molecular weight excluding hydrogens is 154 g/mol. The lowest BCUT2D eigenvalue weighted by Crippen LogP contribution is -2.26. The van der Waals surface area contributed by atoms with E-state index in [-0.39, 0.29) is 6.04 Å². The SMILES string of the molecule is CCC(C#N)NCc1ccon1. The van der Waals surface area contributed by atoms with Crippen molar-refractivity contribution in [3.63, 3.8) is 0 Å². The zero-order chi connectivity index (χ0) is 8.81. The van der Waals surface area contributed by atoms with Gasteiger partial charge in [-0.15, -0.1) is 0 Å². The van der Waals surface area contributed by atoms with Crippen molar-refractivity contribution >= 4 is 0 Å². The molecule has 0 saturated heterocycles. The van der Waals surface area contributed by atoms with Gasteiger partial charge in [-0.1, -0.05) is 12.1 Å². The summed E-state index contributed by atoms with van der Waals surface area (Å²) in [6.07, 6.45) is 2.32. The minimum atomic E-state index is -0.0956. The molecule has 64 valence electrons. The molecule has 0 bridgehead atoms. The average molecular weight is 165 g/mol. The third kappa shape index (κ3) is 2.36. The molecule has 1 N–H and O–H groups in total. The third-order valence-corrected chi connectivity index (χ3v) is 1.58. The van der Waals surface area contributed by atoms with E-state index in [2.05, 4.69) is 21.1 Å². The van der Waals surface area contributed by atoms with E-state index < -0.39 is 0 Å². The Morgan fingerprint density at radius 1 is 1.83 bits per heavy atom. The summed E-state index contributed by atoms with van der Waals surface area (Å²) in [7, 11) is 0. The molecule has 1 aromatic heterocycles. The molecule has 1 aromatic rings. The van der Waals surface area contributed by atoms with Crippen molar-refractivity contribution in [2.24, 2.45) is 0 Å². The fraction of sp³-hybridized carbons (Fsp3) is 0.500. The first-order valence-corrected chi connectivity index (χ1v) is 3.89. The van der Waals surface area contributed by atoms with Crippen molar-refractivity contribution in [2.45, 2.75) is 25.9 Å². The molecule has 1 rings (SSSR count). The summed E-state index contributed by atoms with van der Waals surface area (Å²) in [4.78, 5) is 0. The Morgan fingerprint density at radius 3 is 3.17 bits per heavy atom. The van der Waals surface area contributed by atoms with Gasteiger partial charge in [0.15, 0.2) is 0 Å². The summed E-state index contributed by atoms with van der Waals surface area (Å²) >= 11 is 0. The molecule has 0 aliphatic carbocycles.